The monoisotopic (exact) mass is 277 g/mol. The van der Waals surface area contributed by atoms with Crippen molar-refractivity contribution in [2.24, 2.45) is 11.1 Å². The summed E-state index contributed by atoms with van der Waals surface area (Å²) in [6.07, 6.45) is 0.673. The smallest absolute Gasteiger partial charge is 0.251 e. The van der Waals surface area contributed by atoms with Crippen molar-refractivity contribution in [3.8, 4) is 0 Å². The van der Waals surface area contributed by atoms with Crippen molar-refractivity contribution in [3.63, 3.8) is 0 Å². The van der Waals surface area contributed by atoms with Gasteiger partial charge in [-0.2, -0.15) is 0 Å². The summed E-state index contributed by atoms with van der Waals surface area (Å²) in [5, 5.41) is 5.55. The van der Waals surface area contributed by atoms with Crippen LogP contribution in [0.5, 0.6) is 0 Å². The first-order valence-corrected chi connectivity index (χ1v) is 6.86. The summed E-state index contributed by atoms with van der Waals surface area (Å²) in [5.74, 6) is -0.223. The van der Waals surface area contributed by atoms with Gasteiger partial charge in [-0.15, -0.1) is 0 Å². The van der Waals surface area contributed by atoms with Crippen LogP contribution in [0.25, 0.3) is 0 Å². The fraction of sp³-hybridized carbons (Fsp3) is 0.467. The number of anilines is 1. The number of nitrogens with one attached hydrogen (secondary N) is 2. The fourth-order valence-corrected chi connectivity index (χ4v) is 1.65. The first kappa shape index (κ1) is 16.2. The van der Waals surface area contributed by atoms with Crippen molar-refractivity contribution in [2.75, 3.05) is 18.4 Å². The Hall–Kier alpha value is -1.88. The van der Waals surface area contributed by atoms with E-state index in [0.717, 1.165) is 0 Å². The second kappa shape index (κ2) is 7.05. The van der Waals surface area contributed by atoms with Gasteiger partial charge in [-0.05, 0) is 44.5 Å². The Balaban J connectivity index is 2.75. The van der Waals surface area contributed by atoms with Gasteiger partial charge in [-0.25, -0.2) is 0 Å². The number of nitrogens with two attached hydrogens (primary N) is 1. The van der Waals surface area contributed by atoms with Crippen LogP contribution < -0.4 is 16.4 Å². The molecule has 4 N–H and O–H groups in total. The SMILES string of the molecule is CCNC(=O)c1ccc(NC(=O)C(C)(CC)CN)cc1. The van der Waals surface area contributed by atoms with E-state index in [0.29, 0.717) is 30.8 Å². The molecule has 0 spiro atoms. The molecule has 0 saturated carbocycles. The number of carbonyl (C=O) groups excluding carboxylic acids is 2. The van der Waals surface area contributed by atoms with E-state index in [1.807, 2.05) is 20.8 Å². The van der Waals surface area contributed by atoms with Gasteiger partial charge in [0.15, 0.2) is 0 Å². The topological polar surface area (TPSA) is 84.2 Å². The lowest BCUT2D eigenvalue weighted by Crippen LogP contribution is -2.39. The lowest BCUT2D eigenvalue weighted by Gasteiger charge is -2.24. The number of hydrogen-bond donors (Lipinski definition) is 3. The summed E-state index contributed by atoms with van der Waals surface area (Å²) in [6.45, 7) is 6.52. The van der Waals surface area contributed by atoms with Crippen molar-refractivity contribution in [2.45, 2.75) is 27.2 Å². The van der Waals surface area contributed by atoms with Gasteiger partial charge in [0, 0.05) is 24.3 Å². The Kier molecular flexibility index (Phi) is 5.70. The highest BCUT2D eigenvalue weighted by atomic mass is 16.2. The Labute approximate surface area is 119 Å². The molecule has 1 unspecified atom stereocenters. The molecular weight excluding hydrogens is 254 g/mol. The molecule has 0 aliphatic carbocycles. The Bertz CT molecular complexity index is 465. The number of hydrogen-bond acceptors (Lipinski definition) is 3. The highest BCUT2D eigenvalue weighted by Gasteiger charge is 2.29. The third-order valence-corrected chi connectivity index (χ3v) is 3.52. The average molecular weight is 277 g/mol. The van der Waals surface area contributed by atoms with Crippen LogP contribution in [0.3, 0.4) is 0 Å². The van der Waals surface area contributed by atoms with Crippen LogP contribution in [0.4, 0.5) is 5.69 Å². The number of benzene rings is 1. The molecular formula is C15H23N3O2. The molecule has 5 heteroatoms. The highest BCUT2D eigenvalue weighted by Crippen LogP contribution is 2.22. The molecule has 20 heavy (non-hydrogen) atoms. The van der Waals surface area contributed by atoms with Gasteiger partial charge in [0.05, 0.1) is 5.41 Å². The van der Waals surface area contributed by atoms with Crippen LogP contribution in [0.1, 0.15) is 37.6 Å². The van der Waals surface area contributed by atoms with Gasteiger partial charge in [-0.3, -0.25) is 9.59 Å². The molecule has 0 heterocycles. The Morgan fingerprint density at radius 1 is 1.20 bits per heavy atom. The van der Waals surface area contributed by atoms with Crippen molar-refractivity contribution in [1.29, 1.82) is 0 Å². The molecule has 0 aromatic heterocycles. The van der Waals surface area contributed by atoms with Gasteiger partial charge in [-0.1, -0.05) is 6.92 Å². The van der Waals surface area contributed by atoms with Gasteiger partial charge < -0.3 is 16.4 Å². The Morgan fingerprint density at radius 2 is 1.80 bits per heavy atom. The number of rotatable bonds is 6. The average Bonchev–Trinajstić information content (AvgIpc) is 2.47. The minimum Gasteiger partial charge on any atom is -0.352 e. The quantitative estimate of drug-likeness (QED) is 0.740. The van der Waals surface area contributed by atoms with E-state index in [4.69, 9.17) is 5.73 Å². The van der Waals surface area contributed by atoms with E-state index < -0.39 is 5.41 Å². The standard InChI is InChI=1S/C15H23N3O2/c1-4-15(3,10-16)14(20)18-12-8-6-11(7-9-12)13(19)17-5-2/h6-9H,4-5,10,16H2,1-3H3,(H,17,19)(H,18,20). The molecule has 1 atom stereocenters. The van der Waals surface area contributed by atoms with E-state index in [1.54, 1.807) is 24.3 Å². The maximum Gasteiger partial charge on any atom is 0.251 e. The lowest BCUT2D eigenvalue weighted by atomic mass is 9.86. The van der Waals surface area contributed by atoms with Gasteiger partial charge >= 0.3 is 0 Å². The molecule has 0 aliphatic heterocycles. The molecule has 1 rings (SSSR count). The molecule has 1 aromatic carbocycles. The number of carbonyl (C=O) groups is 2. The van der Waals surface area contributed by atoms with Crippen molar-refractivity contribution >= 4 is 17.5 Å². The van der Waals surface area contributed by atoms with E-state index in [2.05, 4.69) is 10.6 Å². The number of amides is 2. The van der Waals surface area contributed by atoms with Crippen LogP contribution in [0.15, 0.2) is 24.3 Å². The summed E-state index contributed by atoms with van der Waals surface area (Å²) in [5.41, 5.74) is 6.32. The van der Waals surface area contributed by atoms with Gasteiger partial charge in [0.1, 0.15) is 0 Å². The van der Waals surface area contributed by atoms with Crippen molar-refractivity contribution in [1.82, 2.24) is 5.32 Å². The minimum absolute atomic E-state index is 0.103. The van der Waals surface area contributed by atoms with Crippen LogP contribution in [0.2, 0.25) is 0 Å². The molecule has 110 valence electrons. The first-order chi connectivity index (χ1) is 9.46. The van der Waals surface area contributed by atoms with E-state index >= 15 is 0 Å². The fourth-order valence-electron chi connectivity index (χ4n) is 1.65. The van der Waals surface area contributed by atoms with Crippen LogP contribution in [-0.4, -0.2) is 24.9 Å². The first-order valence-electron chi connectivity index (χ1n) is 6.86. The predicted octanol–water partition coefficient (Wildman–Crippen LogP) is 1.75. The van der Waals surface area contributed by atoms with Gasteiger partial charge in [0.2, 0.25) is 5.91 Å². The van der Waals surface area contributed by atoms with E-state index in [1.165, 1.54) is 0 Å². The zero-order valence-corrected chi connectivity index (χ0v) is 12.3. The molecule has 5 nitrogen and oxygen atoms in total. The minimum atomic E-state index is -0.571. The molecule has 1 aromatic rings. The normalized spacial score (nSPS) is 13.4. The van der Waals surface area contributed by atoms with Gasteiger partial charge in [0.25, 0.3) is 5.91 Å². The summed E-state index contributed by atoms with van der Waals surface area (Å²) in [4.78, 5) is 23.8. The van der Waals surface area contributed by atoms with Crippen LogP contribution in [0, 0.1) is 5.41 Å². The zero-order valence-electron chi connectivity index (χ0n) is 12.3. The zero-order chi connectivity index (χ0) is 15.2. The second-order valence-corrected chi connectivity index (χ2v) is 5.01. The predicted molar refractivity (Wildman–Crippen MR) is 80.5 cm³/mol. The lowest BCUT2D eigenvalue weighted by molar-refractivity contribution is -0.124. The maximum atomic E-state index is 12.1. The van der Waals surface area contributed by atoms with Crippen LogP contribution in [-0.2, 0) is 4.79 Å². The molecule has 2 amide bonds. The molecule has 0 radical (unpaired) electrons. The summed E-state index contributed by atoms with van der Waals surface area (Å²) < 4.78 is 0. The Morgan fingerprint density at radius 3 is 2.25 bits per heavy atom. The third kappa shape index (κ3) is 3.81. The molecule has 0 saturated heterocycles. The van der Waals surface area contributed by atoms with Crippen molar-refractivity contribution in [3.05, 3.63) is 29.8 Å². The second-order valence-electron chi connectivity index (χ2n) is 5.01. The van der Waals surface area contributed by atoms with E-state index in [9.17, 15) is 9.59 Å². The van der Waals surface area contributed by atoms with E-state index in [-0.39, 0.29) is 11.8 Å². The largest absolute Gasteiger partial charge is 0.352 e. The molecule has 0 aliphatic rings. The highest BCUT2D eigenvalue weighted by molar-refractivity contribution is 5.97. The maximum absolute atomic E-state index is 12.1. The molecule has 0 fully saturated rings. The van der Waals surface area contributed by atoms with Crippen LogP contribution >= 0.6 is 0 Å². The van der Waals surface area contributed by atoms with Crippen molar-refractivity contribution < 1.29 is 9.59 Å². The third-order valence-electron chi connectivity index (χ3n) is 3.52. The summed E-state index contributed by atoms with van der Waals surface area (Å²) in [7, 11) is 0. The summed E-state index contributed by atoms with van der Waals surface area (Å²) >= 11 is 0. The molecule has 0 bridgehead atoms. The summed E-state index contributed by atoms with van der Waals surface area (Å²) in [6, 6.07) is 6.81.